The second kappa shape index (κ2) is 6.19. The Balaban J connectivity index is 1.82. The van der Waals surface area contributed by atoms with Gasteiger partial charge in [0.05, 0.1) is 5.56 Å². The zero-order valence-corrected chi connectivity index (χ0v) is 15.1. The van der Waals surface area contributed by atoms with Crippen LogP contribution in [0.5, 0.6) is 0 Å². The third-order valence-corrected chi connectivity index (χ3v) is 5.41. The van der Waals surface area contributed by atoms with E-state index in [9.17, 15) is 10.1 Å². The average Bonchev–Trinajstić information content (AvgIpc) is 3.00. The predicted molar refractivity (Wildman–Crippen MR) is 96.8 cm³/mol. The fourth-order valence-corrected chi connectivity index (χ4v) is 3.89. The molecule has 1 N–H and O–H groups in total. The minimum atomic E-state index is -0.136. The minimum absolute atomic E-state index is 0.136. The first-order chi connectivity index (χ1) is 11.0. The van der Waals surface area contributed by atoms with E-state index in [2.05, 4.69) is 27.3 Å². The lowest BCUT2D eigenvalue weighted by Gasteiger charge is -2.06. The Morgan fingerprint density at radius 1 is 1.39 bits per heavy atom. The van der Waals surface area contributed by atoms with Gasteiger partial charge in [-0.05, 0) is 43.7 Å². The van der Waals surface area contributed by atoms with Crippen LogP contribution in [-0.2, 0) is 11.3 Å². The van der Waals surface area contributed by atoms with Crippen LogP contribution in [0.15, 0.2) is 34.9 Å². The van der Waals surface area contributed by atoms with Gasteiger partial charge in [-0.25, -0.2) is 0 Å². The number of nitriles is 1. The summed E-state index contributed by atoms with van der Waals surface area (Å²) in [4.78, 5) is 13.4. The second-order valence-electron chi connectivity index (χ2n) is 5.29. The molecule has 1 amide bonds. The van der Waals surface area contributed by atoms with Gasteiger partial charge in [-0.2, -0.15) is 5.26 Å². The van der Waals surface area contributed by atoms with E-state index in [4.69, 9.17) is 0 Å². The molecule has 0 aliphatic heterocycles. The highest BCUT2D eigenvalue weighted by molar-refractivity contribution is 9.10. The van der Waals surface area contributed by atoms with Crippen LogP contribution in [0.2, 0.25) is 0 Å². The summed E-state index contributed by atoms with van der Waals surface area (Å²) in [6.45, 7) is 4.07. The van der Waals surface area contributed by atoms with E-state index in [1.807, 2.05) is 48.9 Å². The van der Waals surface area contributed by atoms with Gasteiger partial charge in [-0.15, -0.1) is 11.3 Å². The zero-order valence-electron chi connectivity index (χ0n) is 12.7. The van der Waals surface area contributed by atoms with E-state index in [0.29, 0.717) is 10.6 Å². The molecule has 0 saturated carbocycles. The van der Waals surface area contributed by atoms with E-state index in [1.165, 1.54) is 11.3 Å². The van der Waals surface area contributed by atoms with Crippen LogP contribution < -0.4 is 5.32 Å². The average molecular weight is 388 g/mol. The molecule has 6 heteroatoms. The SMILES string of the molecule is Cc1sc(NC(=O)Cn2ccc3cc(Br)ccc32)c(C#N)c1C. The van der Waals surface area contributed by atoms with Gasteiger partial charge in [0, 0.05) is 26.4 Å². The molecule has 0 atom stereocenters. The summed E-state index contributed by atoms with van der Waals surface area (Å²) in [5, 5.41) is 13.8. The first-order valence-electron chi connectivity index (χ1n) is 7.04. The van der Waals surface area contributed by atoms with Gasteiger partial charge in [0.15, 0.2) is 0 Å². The molecule has 0 radical (unpaired) electrons. The molecule has 1 aromatic carbocycles. The van der Waals surface area contributed by atoms with E-state index >= 15 is 0 Å². The molecule has 0 aliphatic rings. The van der Waals surface area contributed by atoms with Crippen molar-refractivity contribution < 1.29 is 4.79 Å². The molecule has 0 unspecified atom stereocenters. The fourth-order valence-electron chi connectivity index (χ4n) is 2.48. The van der Waals surface area contributed by atoms with Crippen LogP contribution in [0.3, 0.4) is 0 Å². The lowest BCUT2D eigenvalue weighted by atomic mass is 10.2. The van der Waals surface area contributed by atoms with Crippen LogP contribution in [0, 0.1) is 25.2 Å². The molecule has 0 saturated heterocycles. The van der Waals surface area contributed by atoms with Gasteiger partial charge in [0.2, 0.25) is 5.91 Å². The number of thiophene rings is 1. The zero-order chi connectivity index (χ0) is 16.6. The molecule has 3 aromatic rings. The van der Waals surface area contributed by atoms with Crippen LogP contribution in [0.1, 0.15) is 16.0 Å². The molecule has 23 heavy (non-hydrogen) atoms. The first-order valence-corrected chi connectivity index (χ1v) is 8.65. The Hall–Kier alpha value is -2.10. The van der Waals surface area contributed by atoms with Crippen molar-refractivity contribution in [2.75, 3.05) is 5.32 Å². The number of hydrogen-bond acceptors (Lipinski definition) is 3. The van der Waals surface area contributed by atoms with Crippen LogP contribution in [-0.4, -0.2) is 10.5 Å². The monoisotopic (exact) mass is 387 g/mol. The van der Waals surface area contributed by atoms with Crippen LogP contribution >= 0.6 is 27.3 Å². The summed E-state index contributed by atoms with van der Waals surface area (Å²) >= 11 is 4.89. The number of aryl methyl sites for hydroxylation is 1. The normalized spacial score (nSPS) is 10.7. The number of nitrogens with zero attached hydrogens (tertiary/aromatic N) is 2. The van der Waals surface area contributed by atoms with Crippen LogP contribution in [0.4, 0.5) is 5.00 Å². The number of fused-ring (bicyclic) bond motifs is 1. The van der Waals surface area contributed by atoms with E-state index in [-0.39, 0.29) is 12.5 Å². The van der Waals surface area contributed by atoms with Crippen molar-refractivity contribution >= 4 is 49.1 Å². The van der Waals surface area contributed by atoms with Crippen LogP contribution in [0.25, 0.3) is 10.9 Å². The standard InChI is InChI=1S/C17H14BrN3OS/c1-10-11(2)23-17(14(10)8-19)20-16(22)9-21-6-5-12-7-13(18)3-4-15(12)21/h3-7H,9H2,1-2H3,(H,20,22). The van der Waals surface area contributed by atoms with E-state index in [1.54, 1.807) is 0 Å². The number of rotatable bonds is 3. The van der Waals surface area contributed by atoms with Crippen molar-refractivity contribution in [1.82, 2.24) is 4.57 Å². The lowest BCUT2D eigenvalue weighted by molar-refractivity contribution is -0.116. The molecule has 4 nitrogen and oxygen atoms in total. The number of carbonyl (C=O) groups is 1. The molecule has 0 bridgehead atoms. The smallest absolute Gasteiger partial charge is 0.244 e. The molecular weight excluding hydrogens is 374 g/mol. The summed E-state index contributed by atoms with van der Waals surface area (Å²) in [6.07, 6.45) is 1.90. The van der Waals surface area contributed by atoms with E-state index < -0.39 is 0 Å². The van der Waals surface area contributed by atoms with Crippen molar-refractivity contribution in [1.29, 1.82) is 5.26 Å². The molecule has 0 aliphatic carbocycles. The Morgan fingerprint density at radius 3 is 2.91 bits per heavy atom. The van der Waals surface area contributed by atoms with Crippen molar-refractivity contribution in [3.63, 3.8) is 0 Å². The van der Waals surface area contributed by atoms with Crippen molar-refractivity contribution in [2.24, 2.45) is 0 Å². The van der Waals surface area contributed by atoms with Gasteiger partial charge < -0.3 is 9.88 Å². The molecule has 2 aromatic heterocycles. The number of halogens is 1. The third-order valence-electron chi connectivity index (χ3n) is 3.80. The highest BCUT2D eigenvalue weighted by atomic mass is 79.9. The highest BCUT2D eigenvalue weighted by Gasteiger charge is 2.15. The quantitative estimate of drug-likeness (QED) is 0.713. The predicted octanol–water partition coefficient (Wildman–Crippen LogP) is 4.59. The second-order valence-corrected chi connectivity index (χ2v) is 7.43. The Labute approximate surface area is 146 Å². The van der Waals surface area contributed by atoms with Gasteiger partial charge in [0.25, 0.3) is 0 Å². The number of benzene rings is 1. The topological polar surface area (TPSA) is 57.8 Å². The maximum Gasteiger partial charge on any atom is 0.244 e. The van der Waals surface area contributed by atoms with Gasteiger partial charge >= 0.3 is 0 Å². The highest BCUT2D eigenvalue weighted by Crippen LogP contribution is 2.31. The molecule has 2 heterocycles. The van der Waals surface area contributed by atoms with Crippen molar-refractivity contribution in [3.8, 4) is 6.07 Å². The number of nitrogens with one attached hydrogen (secondary N) is 1. The fraction of sp³-hybridized carbons (Fsp3) is 0.176. The summed E-state index contributed by atoms with van der Waals surface area (Å²) in [5.41, 5.74) is 2.49. The molecule has 116 valence electrons. The Morgan fingerprint density at radius 2 is 2.17 bits per heavy atom. The molecular formula is C17H14BrN3OS. The number of anilines is 1. The summed E-state index contributed by atoms with van der Waals surface area (Å²) in [6, 6.07) is 10.1. The molecule has 3 rings (SSSR count). The van der Waals surface area contributed by atoms with Crippen molar-refractivity contribution in [3.05, 3.63) is 50.9 Å². The Kier molecular flexibility index (Phi) is 4.24. The van der Waals surface area contributed by atoms with Gasteiger partial charge in [-0.1, -0.05) is 15.9 Å². The number of amides is 1. The largest absolute Gasteiger partial charge is 0.338 e. The number of hydrogen-bond donors (Lipinski definition) is 1. The summed E-state index contributed by atoms with van der Waals surface area (Å²) < 4.78 is 2.91. The first kappa shape index (κ1) is 15.8. The van der Waals surface area contributed by atoms with Gasteiger partial charge in [-0.3, -0.25) is 4.79 Å². The van der Waals surface area contributed by atoms with Crippen molar-refractivity contribution in [2.45, 2.75) is 20.4 Å². The number of carbonyl (C=O) groups excluding carboxylic acids is 1. The number of aromatic nitrogens is 1. The lowest BCUT2D eigenvalue weighted by Crippen LogP contribution is -2.18. The molecule has 0 spiro atoms. The minimum Gasteiger partial charge on any atom is -0.338 e. The maximum atomic E-state index is 12.3. The Bertz CT molecular complexity index is 949. The van der Waals surface area contributed by atoms with E-state index in [0.717, 1.165) is 25.8 Å². The van der Waals surface area contributed by atoms with Gasteiger partial charge in [0.1, 0.15) is 17.6 Å². The maximum absolute atomic E-state index is 12.3. The summed E-state index contributed by atoms with van der Waals surface area (Å²) in [5.74, 6) is -0.136. The third kappa shape index (κ3) is 3.03. The summed E-state index contributed by atoms with van der Waals surface area (Å²) in [7, 11) is 0. The molecule has 0 fully saturated rings.